The lowest BCUT2D eigenvalue weighted by Gasteiger charge is -2.12. The summed E-state index contributed by atoms with van der Waals surface area (Å²) in [6.45, 7) is 3.91. The van der Waals surface area contributed by atoms with Gasteiger partial charge in [-0.25, -0.2) is 14.5 Å². The molecule has 3 aromatic heterocycles. The third-order valence-corrected chi connectivity index (χ3v) is 5.57. The predicted octanol–water partition coefficient (Wildman–Crippen LogP) is 3.75. The van der Waals surface area contributed by atoms with Gasteiger partial charge in [-0.05, 0) is 43.7 Å². The molecule has 31 heavy (non-hydrogen) atoms. The molecule has 0 atom stereocenters. The molecular formula is C22H23N7OS. The molecule has 0 saturated heterocycles. The van der Waals surface area contributed by atoms with Crippen molar-refractivity contribution < 1.29 is 4.79 Å². The van der Waals surface area contributed by atoms with Crippen LogP contribution in [-0.2, 0) is 5.75 Å². The van der Waals surface area contributed by atoms with E-state index < -0.39 is 0 Å². The summed E-state index contributed by atoms with van der Waals surface area (Å²) in [7, 11) is 3.84. The monoisotopic (exact) mass is 433 g/mol. The Morgan fingerprint density at radius 2 is 1.94 bits per heavy atom. The third kappa shape index (κ3) is 4.66. The first-order chi connectivity index (χ1) is 14.9. The van der Waals surface area contributed by atoms with Gasteiger partial charge in [0.05, 0.1) is 11.9 Å². The van der Waals surface area contributed by atoms with Gasteiger partial charge in [0.1, 0.15) is 5.82 Å². The lowest BCUT2D eigenvalue weighted by atomic mass is 10.1. The first kappa shape index (κ1) is 20.8. The molecule has 158 valence electrons. The summed E-state index contributed by atoms with van der Waals surface area (Å²) in [6, 6.07) is 13.2. The van der Waals surface area contributed by atoms with E-state index in [4.69, 9.17) is 0 Å². The quantitative estimate of drug-likeness (QED) is 0.463. The van der Waals surface area contributed by atoms with E-state index in [9.17, 15) is 4.79 Å². The van der Waals surface area contributed by atoms with Crippen molar-refractivity contribution in [2.75, 3.05) is 24.3 Å². The largest absolute Gasteiger partial charge is 0.363 e. The number of pyridine rings is 1. The average Bonchev–Trinajstić information content (AvgIpc) is 3.16. The van der Waals surface area contributed by atoms with E-state index in [-0.39, 0.29) is 5.91 Å². The standard InChI is InChI=1S/C22H23N7OS/c1-14-11-15(2)29-21(24-14)26-22(27-29)31-13-16-7-5-6-8-18(16)20(30)25-17-9-10-19(23-12-17)28(3)4/h5-12H,13H2,1-4H3,(H,25,30). The van der Waals surface area contributed by atoms with Gasteiger partial charge < -0.3 is 10.2 Å². The number of thioether (sulfide) groups is 1. The van der Waals surface area contributed by atoms with Gasteiger partial charge in [0.25, 0.3) is 11.7 Å². The number of rotatable bonds is 6. The van der Waals surface area contributed by atoms with Crippen molar-refractivity contribution in [2.45, 2.75) is 24.8 Å². The number of hydrogen-bond donors (Lipinski definition) is 1. The topological polar surface area (TPSA) is 88.3 Å². The fraction of sp³-hybridized carbons (Fsp3) is 0.227. The average molecular weight is 434 g/mol. The Labute approximate surface area is 184 Å². The molecule has 1 amide bonds. The van der Waals surface area contributed by atoms with Crippen LogP contribution in [0.3, 0.4) is 0 Å². The van der Waals surface area contributed by atoms with Crippen LogP contribution in [0.25, 0.3) is 5.78 Å². The van der Waals surface area contributed by atoms with Gasteiger partial charge in [-0.15, -0.1) is 5.10 Å². The molecule has 0 radical (unpaired) electrons. The molecule has 0 aliphatic carbocycles. The van der Waals surface area contributed by atoms with E-state index in [0.29, 0.717) is 27.9 Å². The van der Waals surface area contributed by atoms with Gasteiger partial charge in [-0.2, -0.15) is 4.98 Å². The van der Waals surface area contributed by atoms with E-state index >= 15 is 0 Å². The van der Waals surface area contributed by atoms with Crippen molar-refractivity contribution in [1.29, 1.82) is 0 Å². The molecule has 1 N–H and O–H groups in total. The Kier molecular flexibility index (Phi) is 5.85. The van der Waals surface area contributed by atoms with E-state index in [1.54, 1.807) is 10.7 Å². The molecular weight excluding hydrogens is 410 g/mol. The second kappa shape index (κ2) is 8.73. The molecule has 0 saturated carbocycles. The first-order valence-corrected chi connectivity index (χ1v) is 10.8. The van der Waals surface area contributed by atoms with E-state index in [0.717, 1.165) is 22.8 Å². The van der Waals surface area contributed by atoms with Crippen LogP contribution in [0.4, 0.5) is 11.5 Å². The molecule has 1 aromatic carbocycles. The number of nitrogens with one attached hydrogen (secondary N) is 1. The Bertz CT molecular complexity index is 1230. The minimum Gasteiger partial charge on any atom is -0.363 e. The van der Waals surface area contributed by atoms with Crippen LogP contribution in [0.15, 0.2) is 53.8 Å². The Balaban J connectivity index is 1.49. The van der Waals surface area contributed by atoms with Gasteiger partial charge in [-0.1, -0.05) is 30.0 Å². The van der Waals surface area contributed by atoms with Crippen molar-refractivity contribution in [1.82, 2.24) is 24.6 Å². The molecule has 9 heteroatoms. The van der Waals surface area contributed by atoms with Gasteiger partial charge in [0.2, 0.25) is 5.16 Å². The lowest BCUT2D eigenvalue weighted by molar-refractivity contribution is 0.102. The van der Waals surface area contributed by atoms with Gasteiger partial charge in [0.15, 0.2) is 0 Å². The maximum atomic E-state index is 12.9. The lowest BCUT2D eigenvalue weighted by Crippen LogP contribution is -2.15. The summed E-state index contributed by atoms with van der Waals surface area (Å²) in [5.41, 5.74) is 4.06. The smallest absolute Gasteiger partial charge is 0.256 e. The van der Waals surface area contributed by atoms with Crippen LogP contribution >= 0.6 is 11.8 Å². The fourth-order valence-corrected chi connectivity index (χ4v) is 3.96. The summed E-state index contributed by atoms with van der Waals surface area (Å²) in [4.78, 5) is 28.1. The third-order valence-electron chi connectivity index (χ3n) is 4.68. The highest BCUT2D eigenvalue weighted by Gasteiger charge is 2.14. The van der Waals surface area contributed by atoms with Crippen molar-refractivity contribution in [2.24, 2.45) is 0 Å². The molecule has 0 bridgehead atoms. The number of anilines is 2. The molecule has 0 aliphatic heterocycles. The van der Waals surface area contributed by atoms with Crippen LogP contribution in [0.1, 0.15) is 27.3 Å². The summed E-state index contributed by atoms with van der Waals surface area (Å²) in [5.74, 6) is 1.80. The molecule has 0 fully saturated rings. The van der Waals surface area contributed by atoms with Crippen molar-refractivity contribution in [3.63, 3.8) is 0 Å². The molecule has 4 rings (SSSR count). The molecule has 4 aromatic rings. The fourth-order valence-electron chi connectivity index (χ4n) is 3.14. The first-order valence-electron chi connectivity index (χ1n) is 9.77. The zero-order chi connectivity index (χ0) is 22.0. The summed E-state index contributed by atoms with van der Waals surface area (Å²) < 4.78 is 1.73. The van der Waals surface area contributed by atoms with E-state index in [1.165, 1.54) is 11.8 Å². The van der Waals surface area contributed by atoms with Crippen LogP contribution < -0.4 is 10.2 Å². The van der Waals surface area contributed by atoms with Crippen LogP contribution in [-0.4, -0.2) is 44.6 Å². The Morgan fingerprint density at radius 3 is 2.68 bits per heavy atom. The highest BCUT2D eigenvalue weighted by Crippen LogP contribution is 2.23. The molecule has 8 nitrogen and oxygen atoms in total. The maximum Gasteiger partial charge on any atom is 0.256 e. The second-order valence-electron chi connectivity index (χ2n) is 7.34. The Morgan fingerprint density at radius 1 is 1.13 bits per heavy atom. The van der Waals surface area contributed by atoms with Gasteiger partial charge in [-0.3, -0.25) is 4.79 Å². The number of amides is 1. The number of carbonyl (C=O) groups is 1. The summed E-state index contributed by atoms with van der Waals surface area (Å²) >= 11 is 1.48. The number of hydrogen-bond acceptors (Lipinski definition) is 7. The van der Waals surface area contributed by atoms with E-state index in [2.05, 4.69) is 25.4 Å². The van der Waals surface area contributed by atoms with Crippen molar-refractivity contribution in [3.8, 4) is 0 Å². The van der Waals surface area contributed by atoms with Crippen molar-refractivity contribution in [3.05, 3.63) is 71.2 Å². The number of carbonyl (C=O) groups excluding carboxylic acids is 1. The predicted molar refractivity (Wildman–Crippen MR) is 123 cm³/mol. The normalized spacial score (nSPS) is 11.0. The van der Waals surface area contributed by atoms with Gasteiger partial charge >= 0.3 is 0 Å². The number of fused-ring (bicyclic) bond motifs is 1. The molecule has 0 spiro atoms. The zero-order valence-corrected chi connectivity index (χ0v) is 18.6. The van der Waals surface area contributed by atoms with Crippen LogP contribution in [0.2, 0.25) is 0 Å². The Hall–Kier alpha value is -3.46. The summed E-state index contributed by atoms with van der Waals surface area (Å²) in [6.07, 6.45) is 1.66. The second-order valence-corrected chi connectivity index (χ2v) is 8.29. The summed E-state index contributed by atoms with van der Waals surface area (Å²) in [5, 5.41) is 8.07. The SMILES string of the molecule is Cc1cc(C)n2nc(SCc3ccccc3C(=O)Nc3ccc(N(C)C)nc3)nc2n1. The number of benzene rings is 1. The number of aryl methyl sites for hydroxylation is 2. The highest BCUT2D eigenvalue weighted by molar-refractivity contribution is 7.98. The zero-order valence-electron chi connectivity index (χ0n) is 17.8. The minimum absolute atomic E-state index is 0.174. The number of aromatic nitrogens is 5. The van der Waals surface area contributed by atoms with Crippen LogP contribution in [0.5, 0.6) is 0 Å². The molecule has 0 unspecified atom stereocenters. The highest BCUT2D eigenvalue weighted by atomic mass is 32.2. The minimum atomic E-state index is -0.174. The van der Waals surface area contributed by atoms with Crippen LogP contribution in [0, 0.1) is 13.8 Å². The van der Waals surface area contributed by atoms with Gasteiger partial charge in [0, 0.05) is 36.8 Å². The molecule has 0 aliphatic rings. The van der Waals surface area contributed by atoms with E-state index in [1.807, 2.05) is 75.3 Å². The molecule has 3 heterocycles. The van der Waals surface area contributed by atoms with Crippen molar-refractivity contribution >= 4 is 35.0 Å². The number of nitrogens with zero attached hydrogens (tertiary/aromatic N) is 6. The maximum absolute atomic E-state index is 12.9.